The van der Waals surface area contributed by atoms with Gasteiger partial charge in [0.15, 0.2) is 0 Å². The van der Waals surface area contributed by atoms with Gasteiger partial charge in [-0.05, 0) is 18.2 Å². The van der Waals surface area contributed by atoms with Gasteiger partial charge in [0.25, 0.3) is 0 Å². The number of likely N-dealkylation sites (N-methyl/N-ethyl adjacent to an activating group) is 1. The van der Waals surface area contributed by atoms with Crippen LogP contribution in [0.2, 0.25) is 5.02 Å². The van der Waals surface area contributed by atoms with Crippen LogP contribution in [0.5, 0.6) is 5.75 Å². The first kappa shape index (κ1) is 18.8. The zero-order chi connectivity index (χ0) is 17.9. The lowest BCUT2D eigenvalue weighted by molar-refractivity contribution is -0.883. The Morgan fingerprint density at radius 3 is 2.50 bits per heavy atom. The molecule has 0 aliphatic carbocycles. The van der Waals surface area contributed by atoms with E-state index in [0.29, 0.717) is 29.5 Å². The molecule has 1 aromatic rings. The van der Waals surface area contributed by atoms with Crippen molar-refractivity contribution in [2.45, 2.75) is 0 Å². The first-order valence-corrected chi connectivity index (χ1v) is 9.85. The minimum Gasteiger partial charge on any atom is -0.495 e. The third kappa shape index (κ3) is 4.52. The number of amides is 1. The maximum absolute atomic E-state index is 12.5. The maximum atomic E-state index is 12.5. The van der Waals surface area contributed by atoms with Gasteiger partial charge in [-0.1, -0.05) is 11.6 Å². The summed E-state index contributed by atoms with van der Waals surface area (Å²) in [6.45, 7) is 2.75. The summed E-state index contributed by atoms with van der Waals surface area (Å²) < 4.78 is 30.4. The molecule has 1 heterocycles. The van der Waals surface area contributed by atoms with E-state index in [9.17, 15) is 13.2 Å². The number of anilines is 1. The molecule has 0 atom stereocenters. The molecule has 0 spiro atoms. The molecule has 1 fully saturated rings. The van der Waals surface area contributed by atoms with Crippen molar-refractivity contribution >= 4 is 33.2 Å². The number of piperazine rings is 1. The van der Waals surface area contributed by atoms with E-state index in [2.05, 4.69) is 7.05 Å². The molecule has 0 saturated carbocycles. The Morgan fingerprint density at radius 1 is 1.38 bits per heavy atom. The SMILES string of the molecule is COc1ccc(N(CC(=O)N2CC[NH+](C)CC2)S(C)(=O)=O)cc1Cl. The zero-order valence-corrected chi connectivity index (χ0v) is 15.7. The fraction of sp³-hybridized carbons (Fsp3) is 0.533. The normalized spacial score (nSPS) is 16.1. The van der Waals surface area contributed by atoms with Crippen molar-refractivity contribution in [1.82, 2.24) is 4.90 Å². The number of carbonyl (C=O) groups is 1. The van der Waals surface area contributed by atoms with E-state index < -0.39 is 10.0 Å². The molecule has 7 nitrogen and oxygen atoms in total. The highest BCUT2D eigenvalue weighted by Crippen LogP contribution is 2.30. The van der Waals surface area contributed by atoms with Crippen LogP contribution in [0, 0.1) is 0 Å². The number of nitrogens with one attached hydrogen (secondary N) is 1. The second-order valence-electron chi connectivity index (χ2n) is 5.93. The molecular formula is C15H23ClN3O4S+. The van der Waals surface area contributed by atoms with Crippen molar-refractivity contribution in [3.8, 4) is 5.75 Å². The van der Waals surface area contributed by atoms with Crippen LogP contribution in [0.25, 0.3) is 0 Å². The lowest BCUT2D eigenvalue weighted by Gasteiger charge is -2.32. The Kier molecular flexibility index (Phi) is 5.95. The number of ether oxygens (including phenoxy) is 1. The van der Waals surface area contributed by atoms with Gasteiger partial charge >= 0.3 is 0 Å². The number of benzene rings is 1. The quantitative estimate of drug-likeness (QED) is 0.750. The summed E-state index contributed by atoms with van der Waals surface area (Å²) in [6.07, 6.45) is 1.08. The van der Waals surface area contributed by atoms with Crippen LogP contribution in [-0.2, 0) is 14.8 Å². The van der Waals surface area contributed by atoms with E-state index >= 15 is 0 Å². The highest BCUT2D eigenvalue weighted by atomic mass is 35.5. The maximum Gasteiger partial charge on any atom is 0.243 e. The van der Waals surface area contributed by atoms with Crippen molar-refractivity contribution in [2.24, 2.45) is 0 Å². The van der Waals surface area contributed by atoms with Gasteiger partial charge in [0.2, 0.25) is 15.9 Å². The topological polar surface area (TPSA) is 71.4 Å². The number of nitrogens with zero attached hydrogens (tertiary/aromatic N) is 2. The Morgan fingerprint density at radius 2 is 2.00 bits per heavy atom. The van der Waals surface area contributed by atoms with E-state index in [0.717, 1.165) is 23.7 Å². The van der Waals surface area contributed by atoms with Crippen LogP contribution < -0.4 is 13.9 Å². The average molecular weight is 377 g/mol. The molecule has 1 saturated heterocycles. The zero-order valence-electron chi connectivity index (χ0n) is 14.1. The Hall–Kier alpha value is -1.51. The lowest BCUT2D eigenvalue weighted by Crippen LogP contribution is -3.12. The Labute approximate surface area is 147 Å². The van der Waals surface area contributed by atoms with Crippen molar-refractivity contribution in [2.75, 3.05) is 57.4 Å². The molecule has 24 heavy (non-hydrogen) atoms. The molecule has 1 N–H and O–H groups in total. The molecule has 1 amide bonds. The first-order valence-electron chi connectivity index (χ1n) is 7.62. The number of carbonyl (C=O) groups excluding carboxylic acids is 1. The number of hydrogen-bond acceptors (Lipinski definition) is 4. The molecule has 0 bridgehead atoms. The number of hydrogen-bond donors (Lipinski definition) is 1. The lowest BCUT2D eigenvalue weighted by atomic mass is 10.3. The molecule has 9 heteroatoms. The first-order chi connectivity index (χ1) is 11.2. The van der Waals surface area contributed by atoms with Crippen molar-refractivity contribution in [1.29, 1.82) is 0 Å². The highest BCUT2D eigenvalue weighted by Gasteiger charge is 2.27. The van der Waals surface area contributed by atoms with Crippen LogP contribution in [0.1, 0.15) is 0 Å². The fourth-order valence-electron chi connectivity index (χ4n) is 2.57. The average Bonchev–Trinajstić information content (AvgIpc) is 2.52. The Balaban J connectivity index is 2.20. The third-order valence-corrected chi connectivity index (χ3v) is 5.51. The molecule has 1 aliphatic heterocycles. The summed E-state index contributed by atoms with van der Waals surface area (Å²) in [5.74, 6) is 0.238. The van der Waals surface area contributed by atoms with Gasteiger partial charge in [-0.2, -0.15) is 0 Å². The van der Waals surface area contributed by atoms with Crippen molar-refractivity contribution in [3.63, 3.8) is 0 Å². The Bertz CT molecular complexity index is 703. The predicted molar refractivity (Wildman–Crippen MR) is 93.4 cm³/mol. The number of methoxy groups -OCH3 is 1. The van der Waals surface area contributed by atoms with E-state index in [1.807, 2.05) is 0 Å². The largest absolute Gasteiger partial charge is 0.495 e. The molecule has 0 unspecified atom stereocenters. The van der Waals surface area contributed by atoms with Gasteiger partial charge in [0, 0.05) is 0 Å². The van der Waals surface area contributed by atoms with Crippen molar-refractivity contribution < 1.29 is 22.8 Å². The molecule has 2 rings (SSSR count). The number of sulfonamides is 1. The number of quaternary nitrogens is 1. The van der Waals surface area contributed by atoms with Crippen LogP contribution in [0.4, 0.5) is 5.69 Å². The second kappa shape index (κ2) is 7.58. The molecule has 0 aromatic heterocycles. The summed E-state index contributed by atoms with van der Waals surface area (Å²) in [6, 6.07) is 4.65. The standard InChI is InChI=1S/C15H22ClN3O4S/c1-17-6-8-18(9-7-17)15(20)11-19(24(3,21)22)12-4-5-14(23-2)13(16)10-12/h4-5,10H,6-9,11H2,1-3H3/p+1. The third-order valence-electron chi connectivity index (χ3n) is 4.07. The van der Waals surface area contributed by atoms with Gasteiger partial charge in [-0.15, -0.1) is 0 Å². The van der Waals surface area contributed by atoms with E-state index in [1.165, 1.54) is 18.1 Å². The van der Waals surface area contributed by atoms with Gasteiger partial charge in [-0.3, -0.25) is 9.10 Å². The summed E-state index contributed by atoms with van der Waals surface area (Å²) in [4.78, 5) is 15.6. The predicted octanol–water partition coefficient (Wildman–Crippen LogP) is -0.528. The molecular weight excluding hydrogens is 354 g/mol. The van der Waals surface area contributed by atoms with Crippen molar-refractivity contribution in [3.05, 3.63) is 23.2 Å². The smallest absolute Gasteiger partial charge is 0.243 e. The fourth-order valence-corrected chi connectivity index (χ4v) is 3.66. The van der Waals surface area contributed by atoms with Crippen LogP contribution in [0.3, 0.4) is 0 Å². The monoisotopic (exact) mass is 376 g/mol. The van der Waals surface area contributed by atoms with Gasteiger partial charge < -0.3 is 14.5 Å². The summed E-state index contributed by atoms with van der Waals surface area (Å²) in [7, 11) is -0.0640. The second-order valence-corrected chi connectivity index (χ2v) is 8.24. The summed E-state index contributed by atoms with van der Waals surface area (Å²) in [5, 5.41) is 0.291. The number of halogens is 1. The van der Waals surface area contributed by atoms with Gasteiger partial charge in [0.05, 0.1) is 57.3 Å². The van der Waals surface area contributed by atoms with E-state index in [-0.39, 0.29) is 12.5 Å². The number of rotatable bonds is 5. The summed E-state index contributed by atoms with van der Waals surface area (Å²) in [5.41, 5.74) is 0.344. The van der Waals surface area contributed by atoms with Gasteiger partial charge in [-0.25, -0.2) is 8.42 Å². The molecule has 0 radical (unpaired) electrons. The van der Waals surface area contributed by atoms with Crippen LogP contribution in [-0.4, -0.2) is 72.4 Å². The van der Waals surface area contributed by atoms with Crippen LogP contribution in [0.15, 0.2) is 18.2 Å². The van der Waals surface area contributed by atoms with Gasteiger partial charge in [0.1, 0.15) is 12.3 Å². The van der Waals surface area contributed by atoms with Crippen LogP contribution >= 0.6 is 11.6 Å². The molecule has 1 aliphatic rings. The molecule has 1 aromatic carbocycles. The molecule has 134 valence electrons. The van der Waals surface area contributed by atoms with E-state index in [1.54, 1.807) is 17.0 Å². The van der Waals surface area contributed by atoms with E-state index in [4.69, 9.17) is 16.3 Å². The highest BCUT2D eigenvalue weighted by molar-refractivity contribution is 7.92. The minimum absolute atomic E-state index is 0.208. The minimum atomic E-state index is -3.62. The summed E-state index contributed by atoms with van der Waals surface area (Å²) >= 11 is 6.08.